The van der Waals surface area contributed by atoms with E-state index in [4.69, 9.17) is 40.7 Å². The van der Waals surface area contributed by atoms with Crippen molar-refractivity contribution in [1.29, 1.82) is 5.26 Å². The smallest absolute Gasteiger partial charge is 0.182 e. The Bertz CT molecular complexity index is 901. The van der Waals surface area contributed by atoms with Crippen LogP contribution in [0, 0.1) is 16.1 Å². The van der Waals surface area contributed by atoms with Gasteiger partial charge >= 0.3 is 0 Å². The number of fused-ring (bicyclic) bond motifs is 1. The first-order valence-electron chi connectivity index (χ1n) is 5.70. The van der Waals surface area contributed by atoms with Crippen LogP contribution in [0.25, 0.3) is 16.7 Å². The first-order valence-corrected chi connectivity index (χ1v) is 6.87. The van der Waals surface area contributed by atoms with Gasteiger partial charge in [-0.15, -0.1) is 0 Å². The minimum atomic E-state index is 0.519. The highest BCUT2D eigenvalue weighted by Crippen LogP contribution is 2.29. The summed E-state index contributed by atoms with van der Waals surface area (Å²) >= 11 is 17.6. The predicted molar refractivity (Wildman–Crippen MR) is 83.2 cm³/mol. The van der Waals surface area contributed by atoms with Crippen molar-refractivity contribution in [1.82, 2.24) is 9.55 Å². The molecule has 0 bridgehead atoms. The summed E-state index contributed by atoms with van der Waals surface area (Å²) in [6, 6.07) is 12.7. The molecule has 0 radical (unpaired) electrons. The summed E-state index contributed by atoms with van der Waals surface area (Å²) in [5, 5.41) is 9.90. The number of nitriles is 1. The molecule has 0 aliphatic heterocycles. The molecule has 3 rings (SSSR count). The van der Waals surface area contributed by atoms with Crippen molar-refractivity contribution in [2.24, 2.45) is 0 Å². The summed E-state index contributed by atoms with van der Waals surface area (Å²) in [4.78, 5) is 3.07. The zero-order valence-corrected chi connectivity index (χ0v) is 12.4. The molecule has 0 unspecified atom stereocenters. The molecule has 3 aromatic rings. The molecule has 0 aliphatic carbocycles. The van der Waals surface area contributed by atoms with Gasteiger partial charge in [0.25, 0.3) is 0 Å². The lowest BCUT2D eigenvalue weighted by atomic mass is 10.2. The SMILES string of the molecule is N#Cc1ccc(-n2c(=S)[nH]c3c(Cl)cc(Cl)cc32)cc1. The topological polar surface area (TPSA) is 44.5 Å². The third kappa shape index (κ3) is 2.10. The van der Waals surface area contributed by atoms with Gasteiger partial charge < -0.3 is 4.98 Å². The molecule has 1 N–H and O–H groups in total. The zero-order chi connectivity index (χ0) is 14.3. The van der Waals surface area contributed by atoms with E-state index in [0.29, 0.717) is 20.4 Å². The number of imidazole rings is 1. The van der Waals surface area contributed by atoms with Gasteiger partial charge in [-0.25, -0.2) is 0 Å². The van der Waals surface area contributed by atoms with Crippen LogP contribution in [-0.2, 0) is 0 Å². The van der Waals surface area contributed by atoms with Gasteiger partial charge in [0.1, 0.15) is 0 Å². The van der Waals surface area contributed by atoms with Crippen molar-refractivity contribution in [3.8, 4) is 11.8 Å². The lowest BCUT2D eigenvalue weighted by Gasteiger charge is -2.05. The van der Waals surface area contributed by atoms with Crippen LogP contribution in [0.1, 0.15) is 5.56 Å². The number of halogens is 2. The van der Waals surface area contributed by atoms with Crippen LogP contribution in [0.15, 0.2) is 36.4 Å². The number of hydrogen-bond acceptors (Lipinski definition) is 2. The molecule has 0 amide bonds. The summed E-state index contributed by atoms with van der Waals surface area (Å²) in [5.41, 5.74) is 2.98. The Balaban J connectivity index is 2.33. The second-order valence-corrected chi connectivity index (χ2v) is 5.44. The van der Waals surface area contributed by atoms with Crippen molar-refractivity contribution >= 4 is 46.5 Å². The van der Waals surface area contributed by atoms with E-state index in [1.54, 1.807) is 24.3 Å². The van der Waals surface area contributed by atoms with Crippen molar-refractivity contribution in [3.05, 3.63) is 56.8 Å². The van der Waals surface area contributed by atoms with Gasteiger partial charge in [-0.2, -0.15) is 5.26 Å². The van der Waals surface area contributed by atoms with Crippen LogP contribution in [-0.4, -0.2) is 9.55 Å². The largest absolute Gasteiger partial charge is 0.329 e. The molecule has 6 heteroatoms. The maximum absolute atomic E-state index is 8.84. The number of hydrogen-bond donors (Lipinski definition) is 1. The number of aromatic nitrogens is 2. The molecule has 2 aromatic carbocycles. The summed E-state index contributed by atoms with van der Waals surface area (Å²) in [7, 11) is 0. The lowest BCUT2D eigenvalue weighted by molar-refractivity contribution is 1.06. The number of benzene rings is 2. The summed E-state index contributed by atoms with van der Waals surface area (Å²) in [6.07, 6.45) is 0. The zero-order valence-electron chi connectivity index (χ0n) is 10.0. The van der Waals surface area contributed by atoms with Gasteiger partial charge in [0.2, 0.25) is 0 Å². The van der Waals surface area contributed by atoms with Crippen LogP contribution >= 0.6 is 35.4 Å². The van der Waals surface area contributed by atoms with Crippen molar-refractivity contribution < 1.29 is 0 Å². The molecular formula is C14H7Cl2N3S. The fourth-order valence-corrected chi connectivity index (χ4v) is 2.91. The molecule has 20 heavy (non-hydrogen) atoms. The average Bonchev–Trinajstić information content (AvgIpc) is 2.76. The number of aromatic amines is 1. The Kier molecular flexibility index (Phi) is 3.27. The van der Waals surface area contributed by atoms with Crippen LogP contribution in [0.4, 0.5) is 0 Å². The molecule has 0 fully saturated rings. The number of nitrogens with one attached hydrogen (secondary N) is 1. The summed E-state index contributed by atoms with van der Waals surface area (Å²) < 4.78 is 2.36. The highest BCUT2D eigenvalue weighted by molar-refractivity contribution is 7.71. The van der Waals surface area contributed by atoms with Gasteiger partial charge in [-0.1, -0.05) is 23.2 Å². The minimum absolute atomic E-state index is 0.519. The average molecular weight is 320 g/mol. The quantitative estimate of drug-likeness (QED) is 0.650. The van der Waals surface area contributed by atoms with Gasteiger partial charge in [-0.3, -0.25) is 4.57 Å². The fourth-order valence-electron chi connectivity index (χ4n) is 2.07. The van der Waals surface area contributed by atoms with E-state index in [9.17, 15) is 0 Å². The Hall–Kier alpha value is -1.80. The first-order chi connectivity index (χ1) is 9.60. The predicted octanol–water partition coefficient (Wildman–Crippen LogP) is 4.87. The molecule has 3 nitrogen and oxygen atoms in total. The Morgan fingerprint density at radius 3 is 2.50 bits per heavy atom. The lowest BCUT2D eigenvalue weighted by Crippen LogP contribution is -1.93. The van der Waals surface area contributed by atoms with Gasteiger partial charge in [-0.05, 0) is 48.6 Å². The van der Waals surface area contributed by atoms with Crippen molar-refractivity contribution in [3.63, 3.8) is 0 Å². The van der Waals surface area contributed by atoms with Crippen LogP contribution in [0.3, 0.4) is 0 Å². The minimum Gasteiger partial charge on any atom is -0.329 e. The Morgan fingerprint density at radius 2 is 1.85 bits per heavy atom. The number of rotatable bonds is 1. The first kappa shape index (κ1) is 13.2. The van der Waals surface area contributed by atoms with E-state index < -0.39 is 0 Å². The molecule has 0 atom stereocenters. The van der Waals surface area contributed by atoms with E-state index in [2.05, 4.69) is 11.1 Å². The van der Waals surface area contributed by atoms with Crippen LogP contribution in [0.5, 0.6) is 0 Å². The highest BCUT2D eigenvalue weighted by atomic mass is 35.5. The maximum Gasteiger partial charge on any atom is 0.182 e. The van der Waals surface area contributed by atoms with Crippen LogP contribution < -0.4 is 0 Å². The molecular weight excluding hydrogens is 313 g/mol. The Labute approximate surface area is 130 Å². The number of H-pyrrole nitrogens is 1. The summed E-state index contributed by atoms with van der Waals surface area (Å²) in [5.74, 6) is 0. The second kappa shape index (κ2) is 4.95. The van der Waals surface area contributed by atoms with E-state index >= 15 is 0 Å². The van der Waals surface area contributed by atoms with E-state index in [-0.39, 0.29) is 0 Å². The van der Waals surface area contributed by atoms with Gasteiger partial charge in [0.05, 0.1) is 27.7 Å². The summed E-state index contributed by atoms with van der Waals surface area (Å²) in [6.45, 7) is 0. The molecule has 0 spiro atoms. The fraction of sp³-hybridized carbons (Fsp3) is 0. The molecule has 1 aromatic heterocycles. The highest BCUT2D eigenvalue weighted by Gasteiger charge is 2.10. The van der Waals surface area contributed by atoms with Crippen LogP contribution in [0.2, 0.25) is 10.0 Å². The van der Waals surface area contributed by atoms with Gasteiger partial charge in [0, 0.05) is 10.7 Å². The number of nitrogens with zero attached hydrogens (tertiary/aromatic N) is 2. The molecule has 0 saturated heterocycles. The van der Waals surface area contributed by atoms with Gasteiger partial charge in [0.15, 0.2) is 4.77 Å². The van der Waals surface area contributed by atoms with E-state index in [1.807, 2.05) is 16.7 Å². The van der Waals surface area contributed by atoms with Crippen molar-refractivity contribution in [2.45, 2.75) is 0 Å². The molecule has 0 saturated carbocycles. The normalized spacial score (nSPS) is 10.7. The monoisotopic (exact) mass is 319 g/mol. The molecule has 98 valence electrons. The van der Waals surface area contributed by atoms with Crippen molar-refractivity contribution in [2.75, 3.05) is 0 Å². The second-order valence-electron chi connectivity index (χ2n) is 4.21. The standard InChI is InChI=1S/C14H7Cl2N3S/c15-9-5-11(16)13-12(6-9)19(14(20)18-13)10-3-1-8(7-17)2-4-10/h1-6H,(H,18,20). The molecule has 1 heterocycles. The Morgan fingerprint density at radius 1 is 1.15 bits per heavy atom. The third-order valence-electron chi connectivity index (χ3n) is 2.96. The molecule has 0 aliphatic rings. The van der Waals surface area contributed by atoms with E-state index in [0.717, 1.165) is 16.7 Å². The van der Waals surface area contributed by atoms with E-state index in [1.165, 1.54) is 0 Å². The third-order valence-corrected chi connectivity index (χ3v) is 3.77. The maximum atomic E-state index is 8.84.